The minimum absolute atomic E-state index is 0.250. The van der Waals surface area contributed by atoms with Crippen molar-refractivity contribution in [3.8, 4) is 5.75 Å². The van der Waals surface area contributed by atoms with Crippen LogP contribution in [0.25, 0.3) is 0 Å². The van der Waals surface area contributed by atoms with Crippen LogP contribution in [0, 0.1) is 0 Å². The van der Waals surface area contributed by atoms with Gasteiger partial charge in [-0.2, -0.15) is 0 Å². The summed E-state index contributed by atoms with van der Waals surface area (Å²) >= 11 is 1.74. The van der Waals surface area contributed by atoms with Gasteiger partial charge in [-0.1, -0.05) is 17.3 Å². The second-order valence-corrected chi connectivity index (χ2v) is 8.07. The predicted molar refractivity (Wildman–Crippen MR) is 111 cm³/mol. The topological polar surface area (TPSA) is 37.3 Å². The van der Waals surface area contributed by atoms with Gasteiger partial charge in [0.2, 0.25) is 0 Å². The Morgan fingerprint density at radius 3 is 2.85 bits per heavy atom. The minimum Gasteiger partial charge on any atom is -0.497 e. The van der Waals surface area contributed by atoms with Crippen molar-refractivity contribution in [1.82, 2.24) is 4.90 Å². The van der Waals surface area contributed by atoms with Crippen LogP contribution < -0.4 is 9.64 Å². The van der Waals surface area contributed by atoms with Crippen LogP contribution in [0.5, 0.6) is 5.75 Å². The molecule has 0 bridgehead atoms. The Labute approximate surface area is 165 Å². The number of thiophene rings is 1. The van der Waals surface area contributed by atoms with E-state index in [-0.39, 0.29) is 6.10 Å². The van der Waals surface area contributed by atoms with E-state index in [0.717, 1.165) is 63.4 Å². The highest BCUT2D eigenvalue weighted by Crippen LogP contribution is 2.24. The molecule has 1 aromatic carbocycles. The summed E-state index contributed by atoms with van der Waals surface area (Å²) in [5.41, 5.74) is 2.37. The highest BCUT2D eigenvalue weighted by molar-refractivity contribution is 7.12. The molecule has 1 saturated heterocycles. The lowest BCUT2D eigenvalue weighted by Gasteiger charge is -2.36. The summed E-state index contributed by atoms with van der Waals surface area (Å²) in [5, 5.41) is 6.37. The molecule has 27 heavy (non-hydrogen) atoms. The smallest absolute Gasteiger partial charge is 0.133 e. The van der Waals surface area contributed by atoms with Gasteiger partial charge in [-0.3, -0.25) is 4.90 Å². The predicted octanol–water partition coefficient (Wildman–Crippen LogP) is 3.85. The van der Waals surface area contributed by atoms with Gasteiger partial charge in [-0.15, -0.1) is 11.3 Å². The molecule has 1 unspecified atom stereocenters. The number of nitrogens with zero attached hydrogens (tertiary/aromatic N) is 3. The van der Waals surface area contributed by atoms with E-state index in [4.69, 9.17) is 9.57 Å². The molecule has 1 aromatic heterocycles. The van der Waals surface area contributed by atoms with Crippen molar-refractivity contribution in [3.05, 3.63) is 46.7 Å². The fourth-order valence-corrected chi connectivity index (χ4v) is 4.47. The number of ether oxygens (including phenoxy) is 1. The Morgan fingerprint density at radius 2 is 2.07 bits per heavy atom. The van der Waals surface area contributed by atoms with E-state index in [1.54, 1.807) is 18.4 Å². The standard InChI is InChI=1S/C21H27N3O2S/c1-25-18-6-2-5-17(15-18)24-12-10-23(11-13-24)9-3-7-19-16-20(22-26-19)21-8-4-14-27-21/h2,4-6,8,14-15,19H,3,7,9-13,16H2,1H3. The minimum atomic E-state index is 0.250. The normalized spacial score (nSPS) is 20.4. The highest BCUT2D eigenvalue weighted by atomic mass is 32.1. The molecule has 2 aromatic rings. The average molecular weight is 386 g/mol. The molecule has 4 rings (SSSR count). The number of hydrogen-bond acceptors (Lipinski definition) is 6. The van der Waals surface area contributed by atoms with Crippen molar-refractivity contribution in [1.29, 1.82) is 0 Å². The van der Waals surface area contributed by atoms with Gasteiger partial charge < -0.3 is 14.5 Å². The lowest BCUT2D eigenvalue weighted by Crippen LogP contribution is -2.46. The third-order valence-corrected chi connectivity index (χ3v) is 6.25. The molecule has 1 fully saturated rings. The van der Waals surface area contributed by atoms with E-state index in [2.05, 4.69) is 50.7 Å². The van der Waals surface area contributed by atoms with Crippen molar-refractivity contribution in [2.24, 2.45) is 5.16 Å². The zero-order valence-corrected chi connectivity index (χ0v) is 16.7. The largest absolute Gasteiger partial charge is 0.497 e. The van der Waals surface area contributed by atoms with Crippen LogP contribution in [-0.2, 0) is 4.84 Å². The fraction of sp³-hybridized carbons (Fsp3) is 0.476. The number of piperazine rings is 1. The Hall–Kier alpha value is -2.05. The molecular weight excluding hydrogens is 358 g/mol. The SMILES string of the molecule is COc1cccc(N2CCN(CCCC3CC(c4cccs4)=NO3)CC2)c1. The number of hydrogen-bond donors (Lipinski definition) is 0. The molecule has 0 N–H and O–H groups in total. The van der Waals surface area contributed by atoms with Crippen LogP contribution in [0.4, 0.5) is 5.69 Å². The molecule has 0 radical (unpaired) electrons. The number of oxime groups is 1. The molecule has 2 aliphatic rings. The van der Waals surface area contributed by atoms with Gasteiger partial charge in [0, 0.05) is 44.4 Å². The van der Waals surface area contributed by atoms with Gasteiger partial charge in [0.15, 0.2) is 0 Å². The van der Waals surface area contributed by atoms with Crippen LogP contribution in [0.1, 0.15) is 24.1 Å². The molecule has 0 aliphatic carbocycles. The Morgan fingerprint density at radius 1 is 1.19 bits per heavy atom. The summed E-state index contributed by atoms with van der Waals surface area (Å²) in [5.74, 6) is 0.927. The highest BCUT2D eigenvalue weighted by Gasteiger charge is 2.23. The molecular formula is C21H27N3O2S. The maximum Gasteiger partial charge on any atom is 0.133 e. The summed E-state index contributed by atoms with van der Waals surface area (Å²) in [6.45, 7) is 5.50. The molecule has 144 valence electrons. The quantitative estimate of drug-likeness (QED) is 0.725. The second kappa shape index (κ2) is 8.76. The third kappa shape index (κ3) is 4.62. The summed E-state index contributed by atoms with van der Waals surface area (Å²) in [4.78, 5) is 11.9. The van der Waals surface area contributed by atoms with Crippen molar-refractivity contribution in [2.75, 3.05) is 44.7 Å². The number of methoxy groups -OCH3 is 1. The van der Waals surface area contributed by atoms with E-state index >= 15 is 0 Å². The van der Waals surface area contributed by atoms with Crippen LogP contribution >= 0.6 is 11.3 Å². The Bertz CT molecular complexity index is 755. The second-order valence-electron chi connectivity index (χ2n) is 7.12. The van der Waals surface area contributed by atoms with Crippen molar-refractivity contribution >= 4 is 22.7 Å². The average Bonchev–Trinajstić information content (AvgIpc) is 3.40. The maximum atomic E-state index is 5.63. The molecule has 2 aliphatic heterocycles. The monoisotopic (exact) mass is 385 g/mol. The van der Waals surface area contributed by atoms with E-state index < -0.39 is 0 Å². The molecule has 0 spiro atoms. The van der Waals surface area contributed by atoms with Gasteiger partial charge in [-0.05, 0) is 43.0 Å². The van der Waals surface area contributed by atoms with Gasteiger partial charge in [0.05, 0.1) is 12.0 Å². The van der Waals surface area contributed by atoms with Crippen molar-refractivity contribution in [2.45, 2.75) is 25.4 Å². The number of rotatable bonds is 7. The first-order valence-corrected chi connectivity index (χ1v) is 10.6. The lowest BCUT2D eigenvalue weighted by atomic mass is 10.1. The van der Waals surface area contributed by atoms with Crippen LogP contribution in [0.2, 0.25) is 0 Å². The van der Waals surface area contributed by atoms with Crippen LogP contribution in [0.15, 0.2) is 46.9 Å². The number of benzene rings is 1. The van der Waals surface area contributed by atoms with E-state index in [1.807, 2.05) is 6.07 Å². The Kier molecular flexibility index (Phi) is 5.94. The third-order valence-electron chi connectivity index (χ3n) is 5.33. The van der Waals surface area contributed by atoms with E-state index in [9.17, 15) is 0 Å². The lowest BCUT2D eigenvalue weighted by molar-refractivity contribution is 0.0745. The fourth-order valence-electron chi connectivity index (χ4n) is 3.75. The molecule has 5 nitrogen and oxygen atoms in total. The van der Waals surface area contributed by atoms with Crippen LogP contribution in [-0.4, -0.2) is 56.5 Å². The maximum absolute atomic E-state index is 5.63. The Balaban J connectivity index is 1.16. The first-order chi connectivity index (χ1) is 13.3. The molecule has 3 heterocycles. The van der Waals surface area contributed by atoms with E-state index in [1.165, 1.54) is 10.6 Å². The molecule has 0 saturated carbocycles. The summed E-state index contributed by atoms with van der Waals surface area (Å²) in [6, 6.07) is 12.5. The summed E-state index contributed by atoms with van der Waals surface area (Å²) in [6.07, 6.45) is 3.44. The summed E-state index contributed by atoms with van der Waals surface area (Å²) in [7, 11) is 1.72. The van der Waals surface area contributed by atoms with Gasteiger partial charge in [-0.25, -0.2) is 0 Å². The molecule has 6 heteroatoms. The van der Waals surface area contributed by atoms with Crippen molar-refractivity contribution in [3.63, 3.8) is 0 Å². The number of anilines is 1. The first-order valence-electron chi connectivity index (χ1n) is 9.70. The summed E-state index contributed by atoms with van der Waals surface area (Å²) < 4.78 is 5.34. The molecule has 0 amide bonds. The first kappa shape index (κ1) is 18.3. The van der Waals surface area contributed by atoms with Crippen molar-refractivity contribution < 1.29 is 9.57 Å². The van der Waals surface area contributed by atoms with Gasteiger partial charge >= 0.3 is 0 Å². The molecule has 1 atom stereocenters. The zero-order valence-electron chi connectivity index (χ0n) is 15.8. The van der Waals surface area contributed by atoms with E-state index in [0.29, 0.717) is 0 Å². The zero-order chi connectivity index (χ0) is 18.5. The van der Waals surface area contributed by atoms with Gasteiger partial charge in [0.25, 0.3) is 0 Å². The van der Waals surface area contributed by atoms with Gasteiger partial charge in [0.1, 0.15) is 17.6 Å². The van der Waals surface area contributed by atoms with Crippen LogP contribution in [0.3, 0.4) is 0 Å².